The minimum Gasteiger partial charge on any atom is -0.307 e. The first-order valence-electron chi connectivity index (χ1n) is 5.09. The molecule has 2 heteroatoms. The van der Waals surface area contributed by atoms with Crippen LogP contribution in [0.1, 0.15) is 30.9 Å². The molecule has 2 rings (SSSR count). The summed E-state index contributed by atoms with van der Waals surface area (Å²) in [5, 5.41) is 4.38. The molecule has 1 saturated carbocycles. The van der Waals surface area contributed by atoms with E-state index >= 15 is 0 Å². The number of aryl methyl sites for hydroxylation is 1. The molecule has 0 spiro atoms. The minimum absolute atomic E-state index is 0.399. The second-order valence-corrected chi connectivity index (χ2v) is 4.99. The Labute approximate surface area is 90.5 Å². The molecule has 76 valence electrons. The maximum Gasteiger partial charge on any atom is 0.0411 e. The predicted molar refractivity (Wildman–Crippen MR) is 60.7 cm³/mol. The van der Waals surface area contributed by atoms with E-state index < -0.39 is 0 Å². The van der Waals surface area contributed by atoms with E-state index in [2.05, 4.69) is 25.2 Å². The average molecular weight is 210 g/mol. The molecule has 14 heavy (non-hydrogen) atoms. The van der Waals surface area contributed by atoms with Gasteiger partial charge in [-0.15, -0.1) is 0 Å². The van der Waals surface area contributed by atoms with Gasteiger partial charge in [0.25, 0.3) is 0 Å². The van der Waals surface area contributed by atoms with Gasteiger partial charge in [-0.1, -0.05) is 17.7 Å². The van der Waals surface area contributed by atoms with E-state index in [1.54, 1.807) is 0 Å². The number of hydrogen-bond acceptors (Lipinski definition) is 1. The zero-order valence-electron chi connectivity index (χ0n) is 8.73. The number of benzene rings is 1. The fraction of sp³-hybridized carbons (Fsp3) is 0.500. The maximum absolute atomic E-state index is 5.99. The van der Waals surface area contributed by atoms with E-state index in [0.29, 0.717) is 5.54 Å². The van der Waals surface area contributed by atoms with Gasteiger partial charge in [-0.3, -0.25) is 0 Å². The zero-order valence-corrected chi connectivity index (χ0v) is 9.49. The summed E-state index contributed by atoms with van der Waals surface area (Å²) in [5.41, 5.74) is 2.91. The summed E-state index contributed by atoms with van der Waals surface area (Å²) in [5.74, 6) is 0. The molecule has 1 nitrogen and oxygen atoms in total. The normalized spacial score (nSPS) is 18.2. The molecule has 1 fully saturated rings. The highest BCUT2D eigenvalue weighted by molar-refractivity contribution is 6.30. The zero-order chi connectivity index (χ0) is 10.2. The van der Waals surface area contributed by atoms with E-state index in [0.717, 1.165) is 11.6 Å². The Kier molecular flexibility index (Phi) is 2.54. The number of nitrogens with one attached hydrogen (secondary N) is 1. The van der Waals surface area contributed by atoms with Crippen LogP contribution in [-0.4, -0.2) is 5.54 Å². The Hall–Kier alpha value is -0.530. The Morgan fingerprint density at radius 2 is 2.07 bits per heavy atom. The van der Waals surface area contributed by atoms with Gasteiger partial charge < -0.3 is 5.32 Å². The van der Waals surface area contributed by atoms with E-state index in [-0.39, 0.29) is 0 Å². The standard InChI is InChI=1S/C12H16ClN/c1-9-5-10(7-11(13)6-9)8-14-12(2)3-4-12/h5-7,14H,3-4,8H2,1-2H3. The molecule has 1 aliphatic rings. The largest absolute Gasteiger partial charge is 0.307 e. The van der Waals surface area contributed by atoms with Crippen LogP contribution >= 0.6 is 11.6 Å². The van der Waals surface area contributed by atoms with Crippen molar-refractivity contribution in [3.8, 4) is 0 Å². The molecule has 0 bridgehead atoms. The Morgan fingerprint density at radius 1 is 1.36 bits per heavy atom. The molecule has 1 N–H and O–H groups in total. The highest BCUT2D eigenvalue weighted by atomic mass is 35.5. The fourth-order valence-corrected chi connectivity index (χ4v) is 1.91. The third kappa shape index (κ3) is 2.49. The summed E-state index contributed by atoms with van der Waals surface area (Å²) in [6.07, 6.45) is 2.60. The van der Waals surface area contributed by atoms with Crippen LogP contribution in [0.3, 0.4) is 0 Å². The second-order valence-electron chi connectivity index (χ2n) is 4.55. The maximum atomic E-state index is 5.99. The van der Waals surface area contributed by atoms with Crippen LogP contribution in [0.2, 0.25) is 5.02 Å². The molecule has 0 saturated heterocycles. The van der Waals surface area contributed by atoms with Gasteiger partial charge in [0.1, 0.15) is 0 Å². The molecular weight excluding hydrogens is 194 g/mol. The third-order valence-electron chi connectivity index (χ3n) is 2.82. The van der Waals surface area contributed by atoms with Crippen molar-refractivity contribution in [3.63, 3.8) is 0 Å². The lowest BCUT2D eigenvalue weighted by Crippen LogP contribution is -2.26. The van der Waals surface area contributed by atoms with Crippen molar-refractivity contribution in [3.05, 3.63) is 34.3 Å². The molecule has 1 aromatic rings. The van der Waals surface area contributed by atoms with Gasteiger partial charge >= 0.3 is 0 Å². The van der Waals surface area contributed by atoms with Gasteiger partial charge in [0.05, 0.1) is 0 Å². The SMILES string of the molecule is Cc1cc(Cl)cc(CNC2(C)CC2)c1. The summed E-state index contributed by atoms with van der Waals surface area (Å²) < 4.78 is 0. The molecule has 1 aromatic carbocycles. The van der Waals surface area contributed by atoms with Crippen molar-refractivity contribution in [2.24, 2.45) is 0 Å². The summed E-state index contributed by atoms with van der Waals surface area (Å²) in [7, 11) is 0. The van der Waals surface area contributed by atoms with Crippen LogP contribution in [0.15, 0.2) is 18.2 Å². The summed E-state index contributed by atoms with van der Waals surface area (Å²) in [6.45, 7) is 5.27. The molecule has 0 aromatic heterocycles. The molecule has 0 unspecified atom stereocenters. The smallest absolute Gasteiger partial charge is 0.0411 e. The monoisotopic (exact) mass is 209 g/mol. The van der Waals surface area contributed by atoms with Gasteiger partial charge in [0.2, 0.25) is 0 Å². The van der Waals surface area contributed by atoms with Crippen LogP contribution in [0.5, 0.6) is 0 Å². The lowest BCUT2D eigenvalue weighted by Gasteiger charge is -2.11. The van der Waals surface area contributed by atoms with Crippen LogP contribution in [0, 0.1) is 6.92 Å². The van der Waals surface area contributed by atoms with Crippen LogP contribution in [0.25, 0.3) is 0 Å². The van der Waals surface area contributed by atoms with Crippen molar-refractivity contribution in [2.75, 3.05) is 0 Å². The number of halogens is 1. The number of hydrogen-bond donors (Lipinski definition) is 1. The summed E-state index contributed by atoms with van der Waals surface area (Å²) in [6, 6.07) is 6.21. The average Bonchev–Trinajstić information content (AvgIpc) is 2.80. The van der Waals surface area contributed by atoms with E-state index in [4.69, 9.17) is 11.6 Å². The summed E-state index contributed by atoms with van der Waals surface area (Å²) in [4.78, 5) is 0. The molecule has 1 aliphatic carbocycles. The first-order chi connectivity index (χ1) is 6.57. The molecular formula is C12H16ClN. The van der Waals surface area contributed by atoms with E-state index in [1.165, 1.54) is 24.0 Å². The van der Waals surface area contributed by atoms with Crippen molar-refractivity contribution < 1.29 is 0 Å². The third-order valence-corrected chi connectivity index (χ3v) is 3.04. The lowest BCUT2D eigenvalue weighted by atomic mass is 10.1. The van der Waals surface area contributed by atoms with Gasteiger partial charge in [0.15, 0.2) is 0 Å². The topological polar surface area (TPSA) is 12.0 Å². The van der Waals surface area contributed by atoms with Crippen molar-refractivity contribution in [1.82, 2.24) is 5.32 Å². The first kappa shape index (κ1) is 10.0. The fourth-order valence-electron chi connectivity index (χ4n) is 1.59. The molecule has 0 aliphatic heterocycles. The van der Waals surface area contributed by atoms with E-state index in [9.17, 15) is 0 Å². The van der Waals surface area contributed by atoms with Gasteiger partial charge in [0, 0.05) is 17.1 Å². The predicted octanol–water partition coefficient (Wildman–Crippen LogP) is 3.29. The van der Waals surface area contributed by atoms with Crippen LogP contribution in [-0.2, 0) is 6.54 Å². The second kappa shape index (κ2) is 3.56. The Morgan fingerprint density at radius 3 is 2.64 bits per heavy atom. The van der Waals surface area contributed by atoms with Crippen LogP contribution in [0.4, 0.5) is 0 Å². The quantitative estimate of drug-likeness (QED) is 0.806. The molecule has 0 radical (unpaired) electrons. The van der Waals surface area contributed by atoms with Crippen molar-refractivity contribution >= 4 is 11.6 Å². The van der Waals surface area contributed by atoms with Gasteiger partial charge in [-0.25, -0.2) is 0 Å². The first-order valence-corrected chi connectivity index (χ1v) is 5.46. The molecule has 0 heterocycles. The summed E-state index contributed by atoms with van der Waals surface area (Å²) >= 11 is 5.99. The lowest BCUT2D eigenvalue weighted by molar-refractivity contribution is 0.537. The Balaban J connectivity index is 2.01. The van der Waals surface area contributed by atoms with Crippen molar-refractivity contribution in [1.29, 1.82) is 0 Å². The van der Waals surface area contributed by atoms with Gasteiger partial charge in [-0.2, -0.15) is 0 Å². The highest BCUT2D eigenvalue weighted by Crippen LogP contribution is 2.34. The highest BCUT2D eigenvalue weighted by Gasteiger charge is 2.36. The van der Waals surface area contributed by atoms with Crippen molar-refractivity contribution in [2.45, 2.75) is 38.8 Å². The number of rotatable bonds is 3. The van der Waals surface area contributed by atoms with Crippen LogP contribution < -0.4 is 5.32 Å². The Bertz CT molecular complexity index is 322. The van der Waals surface area contributed by atoms with Gasteiger partial charge in [-0.05, 0) is 49.9 Å². The molecule has 0 atom stereocenters. The molecule has 0 amide bonds. The van der Waals surface area contributed by atoms with E-state index in [1.807, 2.05) is 12.1 Å². The minimum atomic E-state index is 0.399.